The Morgan fingerprint density at radius 3 is 2.45 bits per heavy atom. The molecule has 0 saturated heterocycles. The molecule has 1 aliphatic carbocycles. The van der Waals surface area contributed by atoms with Crippen molar-refractivity contribution in [1.29, 1.82) is 0 Å². The number of hydrogen-bond donors (Lipinski definition) is 0. The molecule has 2 atom stereocenters. The summed E-state index contributed by atoms with van der Waals surface area (Å²) >= 11 is 0. The number of terminal acetylenes is 1. The zero-order valence-corrected chi connectivity index (χ0v) is 12.7. The minimum absolute atomic E-state index is 0.0178. The Balaban J connectivity index is 2.61. The molecule has 0 aromatic rings. The van der Waals surface area contributed by atoms with Gasteiger partial charge in [0.1, 0.15) is 5.60 Å². The van der Waals surface area contributed by atoms with E-state index in [-0.39, 0.29) is 29.8 Å². The van der Waals surface area contributed by atoms with Crippen molar-refractivity contribution in [3.05, 3.63) is 12.2 Å². The maximum atomic E-state index is 12.1. The Hall–Kier alpha value is -1.76. The molecule has 1 aliphatic rings. The fraction of sp³-hybridized carbons (Fsp3) is 0.625. The molecule has 0 aromatic carbocycles. The van der Waals surface area contributed by atoms with Crippen LogP contribution in [-0.2, 0) is 19.1 Å². The van der Waals surface area contributed by atoms with E-state index in [1.807, 2.05) is 34.6 Å². The van der Waals surface area contributed by atoms with Crippen LogP contribution in [0.4, 0.5) is 0 Å². The summed E-state index contributed by atoms with van der Waals surface area (Å²) in [5, 5.41) is 0. The first-order valence-electron chi connectivity index (χ1n) is 6.61. The highest BCUT2D eigenvalue weighted by Gasteiger charge is 2.61. The summed E-state index contributed by atoms with van der Waals surface area (Å²) in [6, 6.07) is 0. The van der Waals surface area contributed by atoms with E-state index in [2.05, 4.69) is 5.92 Å². The fourth-order valence-corrected chi connectivity index (χ4v) is 2.20. The van der Waals surface area contributed by atoms with Crippen molar-refractivity contribution < 1.29 is 19.1 Å². The zero-order valence-electron chi connectivity index (χ0n) is 12.7. The molecule has 0 unspecified atom stereocenters. The van der Waals surface area contributed by atoms with Gasteiger partial charge >= 0.3 is 11.9 Å². The molecule has 4 nitrogen and oxygen atoms in total. The van der Waals surface area contributed by atoms with Crippen molar-refractivity contribution in [1.82, 2.24) is 0 Å². The average molecular weight is 278 g/mol. The molecule has 110 valence electrons. The van der Waals surface area contributed by atoms with E-state index in [9.17, 15) is 9.59 Å². The van der Waals surface area contributed by atoms with E-state index in [1.165, 1.54) is 6.08 Å². The molecule has 1 rings (SSSR count). The second-order valence-electron chi connectivity index (χ2n) is 6.53. The minimum atomic E-state index is -0.504. The fourth-order valence-electron chi connectivity index (χ4n) is 2.20. The van der Waals surface area contributed by atoms with Crippen LogP contribution >= 0.6 is 0 Å². The predicted molar refractivity (Wildman–Crippen MR) is 75.5 cm³/mol. The Bertz CT molecular complexity index is 460. The van der Waals surface area contributed by atoms with Crippen molar-refractivity contribution in [2.45, 2.75) is 40.2 Å². The first-order chi connectivity index (χ1) is 9.09. The highest BCUT2D eigenvalue weighted by molar-refractivity contribution is 5.83. The van der Waals surface area contributed by atoms with E-state index in [0.29, 0.717) is 0 Å². The van der Waals surface area contributed by atoms with Gasteiger partial charge in [-0.3, -0.25) is 4.79 Å². The van der Waals surface area contributed by atoms with Gasteiger partial charge in [0.05, 0.1) is 5.92 Å². The molecular formula is C16H22O4. The molecular weight excluding hydrogens is 256 g/mol. The van der Waals surface area contributed by atoms with E-state index >= 15 is 0 Å². The quantitative estimate of drug-likeness (QED) is 0.450. The van der Waals surface area contributed by atoms with Crippen molar-refractivity contribution in [2.75, 3.05) is 6.61 Å². The second kappa shape index (κ2) is 5.70. The smallest absolute Gasteiger partial charge is 0.331 e. The topological polar surface area (TPSA) is 52.6 Å². The van der Waals surface area contributed by atoms with Crippen LogP contribution in [0, 0.1) is 29.6 Å². The SMILES string of the molecule is C#CCOC(=O)/C=C\[C@H]1[C@@H](C(=O)OC(C)(C)C)C1(C)C. The molecule has 4 heteroatoms. The number of hydrogen-bond acceptors (Lipinski definition) is 4. The van der Waals surface area contributed by atoms with E-state index in [0.717, 1.165) is 0 Å². The third kappa shape index (κ3) is 4.12. The number of rotatable bonds is 4. The largest absolute Gasteiger partial charge is 0.460 e. The lowest BCUT2D eigenvalue weighted by molar-refractivity contribution is -0.157. The third-order valence-corrected chi connectivity index (χ3v) is 3.31. The molecule has 1 fully saturated rings. The molecule has 0 amide bonds. The molecule has 0 spiro atoms. The van der Waals surface area contributed by atoms with E-state index in [1.54, 1.807) is 6.08 Å². The van der Waals surface area contributed by atoms with E-state index in [4.69, 9.17) is 15.9 Å². The van der Waals surface area contributed by atoms with Gasteiger partial charge in [0.2, 0.25) is 0 Å². The van der Waals surface area contributed by atoms with Crippen molar-refractivity contribution >= 4 is 11.9 Å². The Morgan fingerprint density at radius 1 is 1.35 bits per heavy atom. The normalized spacial score (nSPS) is 24.0. The van der Waals surface area contributed by atoms with Crippen LogP contribution in [0.5, 0.6) is 0 Å². The van der Waals surface area contributed by atoms with Gasteiger partial charge < -0.3 is 9.47 Å². The van der Waals surface area contributed by atoms with Crippen LogP contribution in [0.2, 0.25) is 0 Å². The first kappa shape index (κ1) is 16.3. The summed E-state index contributed by atoms with van der Waals surface area (Å²) in [6.07, 6.45) is 8.03. The van der Waals surface area contributed by atoms with Crippen LogP contribution in [0.15, 0.2) is 12.2 Å². The Morgan fingerprint density at radius 2 is 1.95 bits per heavy atom. The van der Waals surface area contributed by atoms with Crippen LogP contribution in [0.1, 0.15) is 34.6 Å². The highest BCUT2D eigenvalue weighted by Crippen LogP contribution is 2.59. The highest BCUT2D eigenvalue weighted by atomic mass is 16.6. The van der Waals surface area contributed by atoms with Crippen molar-refractivity contribution in [3.63, 3.8) is 0 Å². The molecule has 0 aromatic heterocycles. The Labute approximate surface area is 120 Å². The van der Waals surface area contributed by atoms with Crippen LogP contribution in [-0.4, -0.2) is 24.1 Å². The van der Waals surface area contributed by atoms with Gasteiger partial charge in [-0.25, -0.2) is 4.79 Å². The molecule has 20 heavy (non-hydrogen) atoms. The lowest BCUT2D eigenvalue weighted by Gasteiger charge is -2.19. The summed E-state index contributed by atoms with van der Waals surface area (Å²) in [5.41, 5.74) is -0.707. The number of ether oxygens (including phenoxy) is 2. The molecule has 0 aliphatic heterocycles. The van der Waals surface area contributed by atoms with Gasteiger partial charge in [0.25, 0.3) is 0 Å². The average Bonchev–Trinajstić information content (AvgIpc) is 2.83. The summed E-state index contributed by atoms with van der Waals surface area (Å²) in [4.78, 5) is 23.4. The monoisotopic (exact) mass is 278 g/mol. The summed E-state index contributed by atoms with van der Waals surface area (Å²) in [7, 11) is 0. The molecule has 0 bridgehead atoms. The lowest BCUT2D eigenvalue weighted by atomic mass is 10.1. The van der Waals surface area contributed by atoms with Gasteiger partial charge in [-0.2, -0.15) is 0 Å². The summed E-state index contributed by atoms with van der Waals surface area (Å²) in [5.74, 6) is 1.26. The molecule has 1 saturated carbocycles. The summed E-state index contributed by atoms with van der Waals surface area (Å²) < 4.78 is 10.1. The Kier molecular flexibility index (Phi) is 4.65. The zero-order chi connectivity index (χ0) is 15.6. The van der Waals surface area contributed by atoms with Crippen LogP contribution < -0.4 is 0 Å². The van der Waals surface area contributed by atoms with Gasteiger partial charge in [-0.05, 0) is 32.1 Å². The van der Waals surface area contributed by atoms with Crippen molar-refractivity contribution in [2.24, 2.45) is 17.3 Å². The maximum absolute atomic E-state index is 12.1. The van der Waals surface area contributed by atoms with Gasteiger partial charge in [0, 0.05) is 6.08 Å². The van der Waals surface area contributed by atoms with Gasteiger partial charge in [-0.15, -0.1) is 6.42 Å². The number of carbonyl (C=O) groups excluding carboxylic acids is 2. The van der Waals surface area contributed by atoms with Crippen LogP contribution in [0.3, 0.4) is 0 Å². The van der Waals surface area contributed by atoms with Crippen LogP contribution in [0.25, 0.3) is 0 Å². The predicted octanol–water partition coefficient (Wildman–Crippen LogP) is 2.33. The van der Waals surface area contributed by atoms with Crippen molar-refractivity contribution in [3.8, 4) is 12.3 Å². The van der Waals surface area contributed by atoms with Gasteiger partial charge in [-0.1, -0.05) is 25.8 Å². The molecule has 0 radical (unpaired) electrons. The van der Waals surface area contributed by atoms with E-state index < -0.39 is 11.6 Å². The minimum Gasteiger partial charge on any atom is -0.460 e. The van der Waals surface area contributed by atoms with Gasteiger partial charge in [0.15, 0.2) is 6.61 Å². The standard InChI is InChI=1S/C16H22O4/c1-7-10-19-12(17)9-8-11-13(16(11,5)6)14(18)20-15(2,3)4/h1,8-9,11,13H,10H2,2-6H3/b9-8-/t11-,13-/m0/s1. The first-order valence-corrected chi connectivity index (χ1v) is 6.61. The second-order valence-corrected chi connectivity index (χ2v) is 6.53. The number of esters is 2. The third-order valence-electron chi connectivity index (χ3n) is 3.31. The number of allylic oxidation sites excluding steroid dienone is 1. The molecule has 0 N–H and O–H groups in total. The summed E-state index contributed by atoms with van der Waals surface area (Å²) in [6.45, 7) is 9.41. The lowest BCUT2D eigenvalue weighted by Crippen LogP contribution is -2.26. The molecule has 0 heterocycles. The maximum Gasteiger partial charge on any atom is 0.331 e. The number of carbonyl (C=O) groups is 2.